The quantitative estimate of drug-likeness (QED) is 0.831. The molecule has 0 radical (unpaired) electrons. The number of anilines is 2. The molecule has 1 aliphatic heterocycles. The van der Waals surface area contributed by atoms with E-state index in [0.29, 0.717) is 6.54 Å². The van der Waals surface area contributed by atoms with Gasteiger partial charge in [-0.3, -0.25) is 4.79 Å². The van der Waals surface area contributed by atoms with Crippen molar-refractivity contribution in [3.05, 3.63) is 47.1 Å². The molecule has 0 fully saturated rings. The van der Waals surface area contributed by atoms with Crippen LogP contribution in [0.25, 0.3) is 0 Å². The van der Waals surface area contributed by atoms with Crippen LogP contribution in [0.1, 0.15) is 6.42 Å². The molecule has 2 aromatic rings. The van der Waals surface area contributed by atoms with Gasteiger partial charge in [0.15, 0.2) is 6.61 Å². The van der Waals surface area contributed by atoms with Crippen LogP contribution in [-0.2, 0) is 4.79 Å². The van der Waals surface area contributed by atoms with Crippen LogP contribution in [0.5, 0.6) is 5.75 Å². The zero-order valence-corrected chi connectivity index (χ0v) is 13.5. The van der Waals surface area contributed by atoms with Crippen LogP contribution in [0, 0.1) is 0 Å². The standard InChI is InChI=1S/C16H16BrN3O2/c17-12-6-7-15(19-10-12)18-8-3-9-20-13-4-1-2-5-14(13)22-11-16(20)21/h1-2,4-7,10H,3,8-9,11H2,(H,18,19). The second-order valence-corrected chi connectivity index (χ2v) is 5.86. The monoisotopic (exact) mass is 361 g/mol. The van der Waals surface area contributed by atoms with E-state index < -0.39 is 0 Å². The van der Waals surface area contributed by atoms with Gasteiger partial charge in [-0.05, 0) is 46.6 Å². The van der Waals surface area contributed by atoms with Crippen molar-refractivity contribution in [2.75, 3.05) is 29.9 Å². The number of carbonyl (C=O) groups is 1. The minimum absolute atomic E-state index is 0.000432. The summed E-state index contributed by atoms with van der Waals surface area (Å²) in [5.41, 5.74) is 0.848. The summed E-state index contributed by atoms with van der Waals surface area (Å²) in [6, 6.07) is 11.5. The number of ether oxygens (including phenoxy) is 1. The molecule has 114 valence electrons. The summed E-state index contributed by atoms with van der Waals surface area (Å²) < 4.78 is 6.38. The van der Waals surface area contributed by atoms with Gasteiger partial charge in [-0.25, -0.2) is 4.98 Å². The highest BCUT2D eigenvalue weighted by atomic mass is 79.9. The van der Waals surface area contributed by atoms with Gasteiger partial charge in [0, 0.05) is 23.8 Å². The largest absolute Gasteiger partial charge is 0.482 e. The number of fused-ring (bicyclic) bond motifs is 1. The zero-order valence-electron chi connectivity index (χ0n) is 12.0. The second-order valence-electron chi connectivity index (χ2n) is 4.94. The van der Waals surface area contributed by atoms with Gasteiger partial charge in [0.25, 0.3) is 5.91 Å². The molecular formula is C16H16BrN3O2. The molecule has 0 saturated heterocycles. The summed E-state index contributed by atoms with van der Waals surface area (Å²) in [4.78, 5) is 18.1. The molecule has 22 heavy (non-hydrogen) atoms. The number of nitrogens with zero attached hydrogens (tertiary/aromatic N) is 2. The number of hydrogen-bond donors (Lipinski definition) is 1. The van der Waals surface area contributed by atoms with E-state index in [2.05, 4.69) is 26.2 Å². The molecule has 0 unspecified atom stereocenters. The summed E-state index contributed by atoms with van der Waals surface area (Å²) >= 11 is 3.36. The molecule has 5 nitrogen and oxygen atoms in total. The summed E-state index contributed by atoms with van der Waals surface area (Å²) in [5.74, 6) is 1.60. The van der Waals surface area contributed by atoms with Crippen molar-refractivity contribution in [1.29, 1.82) is 0 Å². The fraction of sp³-hybridized carbons (Fsp3) is 0.250. The van der Waals surface area contributed by atoms with Crippen molar-refractivity contribution in [3.8, 4) is 5.75 Å². The number of amides is 1. The smallest absolute Gasteiger partial charge is 0.265 e. The van der Waals surface area contributed by atoms with E-state index >= 15 is 0 Å². The van der Waals surface area contributed by atoms with Gasteiger partial charge >= 0.3 is 0 Å². The van der Waals surface area contributed by atoms with Crippen LogP contribution < -0.4 is 15.0 Å². The number of nitrogens with one attached hydrogen (secondary N) is 1. The maximum Gasteiger partial charge on any atom is 0.265 e. The average molecular weight is 362 g/mol. The number of pyridine rings is 1. The van der Waals surface area contributed by atoms with Crippen LogP contribution >= 0.6 is 15.9 Å². The highest BCUT2D eigenvalue weighted by Gasteiger charge is 2.24. The van der Waals surface area contributed by atoms with E-state index in [1.807, 2.05) is 36.4 Å². The highest BCUT2D eigenvalue weighted by molar-refractivity contribution is 9.10. The summed E-state index contributed by atoms with van der Waals surface area (Å²) in [6.07, 6.45) is 2.59. The van der Waals surface area contributed by atoms with E-state index in [4.69, 9.17) is 4.74 Å². The molecule has 0 bridgehead atoms. The zero-order chi connectivity index (χ0) is 15.4. The van der Waals surface area contributed by atoms with Crippen molar-refractivity contribution in [1.82, 2.24) is 4.98 Å². The minimum atomic E-state index is 0.000432. The van der Waals surface area contributed by atoms with E-state index in [9.17, 15) is 4.79 Å². The molecule has 0 spiro atoms. The van der Waals surface area contributed by atoms with Gasteiger partial charge in [0.1, 0.15) is 11.6 Å². The first kappa shape index (κ1) is 14.8. The fourth-order valence-corrected chi connectivity index (χ4v) is 2.57. The van der Waals surface area contributed by atoms with Crippen molar-refractivity contribution in [3.63, 3.8) is 0 Å². The third kappa shape index (κ3) is 3.39. The first-order chi connectivity index (χ1) is 10.7. The van der Waals surface area contributed by atoms with Crippen LogP contribution in [0.3, 0.4) is 0 Å². The third-order valence-electron chi connectivity index (χ3n) is 3.40. The summed E-state index contributed by atoms with van der Waals surface area (Å²) in [5, 5.41) is 3.25. The Balaban J connectivity index is 1.55. The van der Waals surface area contributed by atoms with Crippen molar-refractivity contribution < 1.29 is 9.53 Å². The number of carbonyl (C=O) groups excluding carboxylic acids is 1. The lowest BCUT2D eigenvalue weighted by atomic mass is 10.2. The Morgan fingerprint density at radius 3 is 2.95 bits per heavy atom. The van der Waals surface area contributed by atoms with Crippen molar-refractivity contribution >= 4 is 33.3 Å². The Bertz CT molecular complexity index is 661. The van der Waals surface area contributed by atoms with Crippen LogP contribution in [0.2, 0.25) is 0 Å². The molecule has 0 atom stereocenters. The lowest BCUT2D eigenvalue weighted by molar-refractivity contribution is -0.121. The SMILES string of the molecule is O=C1COc2ccccc2N1CCCNc1ccc(Br)cn1. The van der Waals surface area contributed by atoms with E-state index in [1.165, 1.54) is 0 Å². The lowest BCUT2D eigenvalue weighted by Crippen LogP contribution is -2.39. The van der Waals surface area contributed by atoms with Crippen molar-refractivity contribution in [2.24, 2.45) is 0 Å². The van der Waals surface area contributed by atoms with E-state index in [-0.39, 0.29) is 12.5 Å². The van der Waals surface area contributed by atoms with Gasteiger partial charge in [0.2, 0.25) is 0 Å². The molecule has 1 amide bonds. The summed E-state index contributed by atoms with van der Waals surface area (Å²) in [7, 11) is 0. The Hall–Kier alpha value is -2.08. The normalized spacial score (nSPS) is 13.5. The van der Waals surface area contributed by atoms with Gasteiger partial charge in [-0.15, -0.1) is 0 Å². The van der Waals surface area contributed by atoms with Gasteiger partial charge in [-0.1, -0.05) is 12.1 Å². The van der Waals surface area contributed by atoms with Crippen LogP contribution in [-0.4, -0.2) is 30.6 Å². The fourth-order valence-electron chi connectivity index (χ4n) is 2.33. The predicted molar refractivity (Wildman–Crippen MR) is 89.3 cm³/mol. The number of rotatable bonds is 5. The molecule has 3 rings (SSSR count). The lowest BCUT2D eigenvalue weighted by Gasteiger charge is -2.29. The highest BCUT2D eigenvalue weighted by Crippen LogP contribution is 2.31. The first-order valence-electron chi connectivity index (χ1n) is 7.11. The molecule has 1 aromatic heterocycles. The predicted octanol–water partition coefficient (Wildman–Crippen LogP) is 3.07. The Morgan fingerprint density at radius 2 is 2.14 bits per heavy atom. The Kier molecular flexibility index (Phi) is 4.58. The van der Waals surface area contributed by atoms with Gasteiger partial charge in [-0.2, -0.15) is 0 Å². The molecule has 0 aliphatic carbocycles. The summed E-state index contributed by atoms with van der Waals surface area (Å²) in [6.45, 7) is 1.52. The second kappa shape index (κ2) is 6.79. The van der Waals surface area contributed by atoms with Gasteiger partial charge < -0.3 is 15.0 Å². The molecule has 1 N–H and O–H groups in total. The average Bonchev–Trinajstić information content (AvgIpc) is 2.55. The maximum atomic E-state index is 12.0. The Morgan fingerprint density at radius 1 is 1.27 bits per heavy atom. The number of hydrogen-bond acceptors (Lipinski definition) is 4. The van der Waals surface area contributed by atoms with Crippen molar-refractivity contribution in [2.45, 2.75) is 6.42 Å². The molecule has 1 aliphatic rings. The first-order valence-corrected chi connectivity index (χ1v) is 7.91. The maximum absolute atomic E-state index is 12.0. The number of aromatic nitrogens is 1. The van der Waals surface area contributed by atoms with Crippen LogP contribution in [0.4, 0.5) is 11.5 Å². The topological polar surface area (TPSA) is 54.5 Å². The third-order valence-corrected chi connectivity index (χ3v) is 3.87. The number of benzene rings is 1. The van der Waals surface area contributed by atoms with Gasteiger partial charge in [0.05, 0.1) is 5.69 Å². The van der Waals surface area contributed by atoms with Crippen LogP contribution in [0.15, 0.2) is 47.1 Å². The molecular weight excluding hydrogens is 346 g/mol. The number of para-hydroxylation sites is 2. The number of halogens is 1. The molecule has 1 aromatic carbocycles. The van der Waals surface area contributed by atoms with E-state index in [0.717, 1.165) is 34.7 Å². The Labute approximate surface area is 137 Å². The molecule has 6 heteroatoms. The minimum Gasteiger partial charge on any atom is -0.482 e. The molecule has 2 heterocycles. The molecule has 0 saturated carbocycles. The van der Waals surface area contributed by atoms with E-state index in [1.54, 1.807) is 11.1 Å².